The number of nitrogens with one attached hydrogen (secondary N) is 1. The Hall–Kier alpha value is -2.99. The van der Waals surface area contributed by atoms with Crippen LogP contribution >= 0.6 is 0 Å². The van der Waals surface area contributed by atoms with Crippen molar-refractivity contribution >= 4 is 5.91 Å². The molecular weight excluding hydrogens is 326 g/mol. The summed E-state index contributed by atoms with van der Waals surface area (Å²) >= 11 is 0. The summed E-state index contributed by atoms with van der Waals surface area (Å²) in [7, 11) is 0. The third-order valence-corrected chi connectivity index (χ3v) is 4.19. The molecule has 0 aliphatic carbocycles. The maximum Gasteiger partial charge on any atom is 0.253 e. The molecule has 0 saturated heterocycles. The molecule has 0 saturated carbocycles. The van der Waals surface area contributed by atoms with E-state index in [2.05, 4.69) is 27.3 Å². The zero-order valence-electron chi connectivity index (χ0n) is 14.9. The Bertz CT molecular complexity index is 842. The molecule has 0 aliphatic heterocycles. The smallest absolute Gasteiger partial charge is 0.253 e. The summed E-state index contributed by atoms with van der Waals surface area (Å²) in [5.74, 6) is 1.38. The van der Waals surface area contributed by atoms with Crippen LogP contribution in [0.3, 0.4) is 0 Å². The van der Waals surface area contributed by atoms with Crippen LogP contribution in [-0.4, -0.2) is 45.6 Å². The molecule has 1 amide bonds. The van der Waals surface area contributed by atoms with Gasteiger partial charge in [0.1, 0.15) is 5.82 Å². The van der Waals surface area contributed by atoms with Gasteiger partial charge in [-0.15, -0.1) is 0 Å². The van der Waals surface area contributed by atoms with Gasteiger partial charge in [-0.3, -0.25) is 9.89 Å². The maximum absolute atomic E-state index is 12.8. The van der Waals surface area contributed by atoms with Crippen molar-refractivity contribution in [3.63, 3.8) is 0 Å². The normalized spacial score (nSPS) is 10.7. The summed E-state index contributed by atoms with van der Waals surface area (Å²) in [4.78, 5) is 18.9. The monoisotopic (exact) mass is 349 g/mol. The van der Waals surface area contributed by atoms with Crippen LogP contribution in [0.15, 0.2) is 54.6 Å². The van der Waals surface area contributed by atoms with Gasteiger partial charge in [-0.1, -0.05) is 42.5 Å². The Morgan fingerprint density at radius 2 is 1.81 bits per heavy atom. The second-order valence-electron chi connectivity index (χ2n) is 6.14. The number of carbonyl (C=O) groups is 1. The zero-order valence-corrected chi connectivity index (χ0v) is 14.9. The molecule has 134 valence electrons. The number of aromatic amines is 1. The summed E-state index contributed by atoms with van der Waals surface area (Å²) in [5, 5.41) is 6.96. The van der Waals surface area contributed by atoms with Crippen molar-refractivity contribution in [2.24, 2.45) is 5.73 Å². The lowest BCUT2D eigenvalue weighted by Gasteiger charge is -2.22. The van der Waals surface area contributed by atoms with E-state index in [1.54, 1.807) is 4.90 Å². The number of nitrogens with zero attached hydrogens (tertiary/aromatic N) is 3. The Morgan fingerprint density at radius 3 is 2.42 bits per heavy atom. The first kappa shape index (κ1) is 17.8. The molecule has 6 nitrogen and oxygen atoms in total. The number of hydrogen-bond donors (Lipinski definition) is 2. The highest BCUT2D eigenvalue weighted by Gasteiger charge is 2.15. The lowest BCUT2D eigenvalue weighted by Crippen LogP contribution is -2.36. The van der Waals surface area contributed by atoms with E-state index >= 15 is 0 Å². The molecule has 0 spiro atoms. The van der Waals surface area contributed by atoms with Crippen LogP contribution in [0.1, 0.15) is 21.7 Å². The molecule has 0 aliphatic rings. The van der Waals surface area contributed by atoms with E-state index < -0.39 is 0 Å². The fourth-order valence-corrected chi connectivity index (χ4v) is 2.80. The van der Waals surface area contributed by atoms with Gasteiger partial charge >= 0.3 is 0 Å². The Kier molecular flexibility index (Phi) is 5.76. The predicted octanol–water partition coefficient (Wildman–Crippen LogP) is 2.42. The standard InChI is InChI=1S/C20H23N5O/c1-15-22-19(24-23-15)17-7-9-18(10-8-17)20(26)25(14-12-21)13-11-16-5-3-2-4-6-16/h2-10H,11-14,21H2,1H3,(H,22,23,24). The van der Waals surface area contributed by atoms with Gasteiger partial charge in [0.05, 0.1) is 0 Å². The third-order valence-electron chi connectivity index (χ3n) is 4.19. The molecule has 0 atom stereocenters. The molecule has 0 fully saturated rings. The zero-order chi connectivity index (χ0) is 18.4. The molecule has 6 heteroatoms. The van der Waals surface area contributed by atoms with Crippen molar-refractivity contribution in [1.29, 1.82) is 0 Å². The number of carbonyl (C=O) groups excluding carboxylic acids is 1. The van der Waals surface area contributed by atoms with Crippen molar-refractivity contribution in [2.75, 3.05) is 19.6 Å². The van der Waals surface area contributed by atoms with Gasteiger partial charge in [0, 0.05) is 30.8 Å². The number of amides is 1. The van der Waals surface area contributed by atoms with Crippen molar-refractivity contribution < 1.29 is 4.79 Å². The maximum atomic E-state index is 12.8. The Balaban J connectivity index is 1.70. The summed E-state index contributed by atoms with van der Waals surface area (Å²) in [5.41, 5.74) is 8.43. The SMILES string of the molecule is Cc1nc(-c2ccc(C(=O)N(CCN)CCc3ccccc3)cc2)n[nH]1. The highest BCUT2D eigenvalue weighted by Crippen LogP contribution is 2.16. The first-order valence-electron chi connectivity index (χ1n) is 8.70. The molecule has 0 radical (unpaired) electrons. The molecule has 1 aromatic heterocycles. The van der Waals surface area contributed by atoms with E-state index in [-0.39, 0.29) is 5.91 Å². The molecule has 3 aromatic rings. The molecule has 3 rings (SSSR count). The van der Waals surface area contributed by atoms with Crippen LogP contribution in [0, 0.1) is 6.92 Å². The minimum absolute atomic E-state index is 0.0101. The molecule has 1 heterocycles. The fourth-order valence-electron chi connectivity index (χ4n) is 2.80. The number of H-pyrrole nitrogens is 1. The number of benzene rings is 2. The van der Waals surface area contributed by atoms with E-state index in [9.17, 15) is 4.79 Å². The van der Waals surface area contributed by atoms with Crippen LogP contribution < -0.4 is 5.73 Å². The van der Waals surface area contributed by atoms with Crippen LogP contribution in [0.25, 0.3) is 11.4 Å². The number of aromatic nitrogens is 3. The number of nitrogens with two attached hydrogens (primary N) is 1. The van der Waals surface area contributed by atoms with Gasteiger partial charge in [0.2, 0.25) is 0 Å². The van der Waals surface area contributed by atoms with Crippen LogP contribution in [0.2, 0.25) is 0 Å². The van der Waals surface area contributed by atoms with E-state index in [1.165, 1.54) is 5.56 Å². The van der Waals surface area contributed by atoms with Crippen molar-refractivity contribution in [3.05, 3.63) is 71.5 Å². The van der Waals surface area contributed by atoms with Crippen molar-refractivity contribution in [1.82, 2.24) is 20.1 Å². The van der Waals surface area contributed by atoms with Crippen LogP contribution in [-0.2, 0) is 6.42 Å². The van der Waals surface area contributed by atoms with Crippen molar-refractivity contribution in [2.45, 2.75) is 13.3 Å². The predicted molar refractivity (Wildman–Crippen MR) is 102 cm³/mol. The van der Waals surface area contributed by atoms with Crippen molar-refractivity contribution in [3.8, 4) is 11.4 Å². The van der Waals surface area contributed by atoms with Gasteiger partial charge in [-0.05, 0) is 31.0 Å². The van der Waals surface area contributed by atoms with Gasteiger partial charge in [-0.25, -0.2) is 4.98 Å². The van der Waals surface area contributed by atoms with E-state index in [4.69, 9.17) is 5.73 Å². The van der Waals surface area contributed by atoms with Crippen LogP contribution in [0.4, 0.5) is 0 Å². The molecule has 26 heavy (non-hydrogen) atoms. The lowest BCUT2D eigenvalue weighted by molar-refractivity contribution is 0.0762. The highest BCUT2D eigenvalue weighted by molar-refractivity contribution is 5.94. The molecule has 3 N–H and O–H groups in total. The quantitative estimate of drug-likeness (QED) is 0.686. The summed E-state index contributed by atoms with van der Waals surface area (Å²) in [6.07, 6.45) is 0.807. The number of rotatable bonds is 7. The van der Waals surface area contributed by atoms with Gasteiger partial charge < -0.3 is 10.6 Å². The highest BCUT2D eigenvalue weighted by atomic mass is 16.2. The second-order valence-corrected chi connectivity index (χ2v) is 6.14. The Labute approximate surface area is 153 Å². The average Bonchev–Trinajstić information content (AvgIpc) is 3.12. The van der Waals surface area contributed by atoms with Gasteiger partial charge in [-0.2, -0.15) is 5.10 Å². The third kappa shape index (κ3) is 4.34. The molecule has 0 bridgehead atoms. The van der Waals surface area contributed by atoms with E-state index in [1.807, 2.05) is 49.4 Å². The summed E-state index contributed by atoms with van der Waals surface area (Å²) in [6, 6.07) is 17.5. The number of aryl methyl sites for hydroxylation is 1. The first-order chi connectivity index (χ1) is 12.7. The van der Waals surface area contributed by atoms with E-state index in [0.717, 1.165) is 17.8 Å². The largest absolute Gasteiger partial charge is 0.337 e. The van der Waals surface area contributed by atoms with Gasteiger partial charge in [0.15, 0.2) is 5.82 Å². The van der Waals surface area contributed by atoms with Crippen LogP contribution in [0.5, 0.6) is 0 Å². The van der Waals surface area contributed by atoms with Gasteiger partial charge in [0.25, 0.3) is 5.91 Å². The Morgan fingerprint density at radius 1 is 1.08 bits per heavy atom. The summed E-state index contributed by atoms with van der Waals surface area (Å²) in [6.45, 7) is 3.47. The lowest BCUT2D eigenvalue weighted by atomic mass is 10.1. The topological polar surface area (TPSA) is 87.9 Å². The molecule has 2 aromatic carbocycles. The summed E-state index contributed by atoms with van der Waals surface area (Å²) < 4.78 is 0. The second kappa shape index (κ2) is 8.40. The minimum Gasteiger partial charge on any atom is -0.337 e. The molecular formula is C20H23N5O. The molecule has 0 unspecified atom stereocenters. The number of hydrogen-bond acceptors (Lipinski definition) is 4. The first-order valence-corrected chi connectivity index (χ1v) is 8.70. The van der Waals surface area contributed by atoms with E-state index in [0.29, 0.717) is 31.0 Å². The fraction of sp³-hybridized carbons (Fsp3) is 0.250. The average molecular weight is 349 g/mol. The minimum atomic E-state index is -0.0101.